The van der Waals surface area contributed by atoms with E-state index in [0.717, 1.165) is 38.9 Å². The summed E-state index contributed by atoms with van der Waals surface area (Å²) in [5.41, 5.74) is 0. The van der Waals surface area contributed by atoms with E-state index in [1.54, 1.807) is 0 Å². The first-order valence-corrected chi connectivity index (χ1v) is 7.68. The van der Waals surface area contributed by atoms with Gasteiger partial charge in [0.05, 0.1) is 6.26 Å². The van der Waals surface area contributed by atoms with E-state index < -0.39 is 10.0 Å². The Labute approximate surface area is 97.9 Å². The molecule has 0 aromatic carbocycles. The second kappa shape index (κ2) is 6.54. The van der Waals surface area contributed by atoms with Crippen LogP contribution in [0.4, 0.5) is 0 Å². The zero-order chi connectivity index (χ0) is 12.0. The van der Waals surface area contributed by atoms with Gasteiger partial charge in [-0.25, -0.2) is 13.1 Å². The number of nitrogens with one attached hydrogen (secondary N) is 1. The molecule has 16 heavy (non-hydrogen) atoms. The van der Waals surface area contributed by atoms with Gasteiger partial charge in [0.2, 0.25) is 10.0 Å². The van der Waals surface area contributed by atoms with Crippen LogP contribution < -0.4 is 4.72 Å². The van der Waals surface area contributed by atoms with Crippen molar-refractivity contribution in [1.29, 1.82) is 0 Å². The lowest BCUT2D eigenvalue weighted by Crippen LogP contribution is -2.38. The number of nitrogens with zero attached hydrogens (tertiary/aromatic N) is 1. The number of likely N-dealkylation sites (tertiary alicyclic amines) is 1. The quantitative estimate of drug-likeness (QED) is 0.631. The second-order valence-corrected chi connectivity index (χ2v) is 6.34. The van der Waals surface area contributed by atoms with Crippen LogP contribution in [0.15, 0.2) is 0 Å². The maximum Gasteiger partial charge on any atom is 0.208 e. The average molecular weight is 250 g/mol. The molecule has 1 aliphatic rings. The number of hydrogen-bond acceptors (Lipinski definition) is 4. The Bertz CT molecular complexity index is 292. The van der Waals surface area contributed by atoms with Gasteiger partial charge in [0, 0.05) is 19.7 Å². The van der Waals surface area contributed by atoms with Gasteiger partial charge in [-0.05, 0) is 38.3 Å². The summed E-state index contributed by atoms with van der Waals surface area (Å²) < 4.78 is 24.1. The molecule has 5 nitrogen and oxygen atoms in total. The first kappa shape index (κ1) is 13.9. The van der Waals surface area contributed by atoms with E-state index in [4.69, 9.17) is 5.11 Å². The third kappa shape index (κ3) is 5.79. The van der Waals surface area contributed by atoms with Crippen molar-refractivity contribution in [3.05, 3.63) is 0 Å². The summed E-state index contributed by atoms with van der Waals surface area (Å²) in [5.74, 6) is 0.400. The van der Waals surface area contributed by atoms with Gasteiger partial charge in [-0.2, -0.15) is 0 Å². The Morgan fingerprint density at radius 2 is 2.25 bits per heavy atom. The highest BCUT2D eigenvalue weighted by molar-refractivity contribution is 7.88. The molecule has 0 aromatic heterocycles. The van der Waals surface area contributed by atoms with E-state index >= 15 is 0 Å². The number of hydrogen-bond donors (Lipinski definition) is 2. The standard InChI is InChI=1S/C10H22N2O3S/c1-16(14,15)11-5-3-7-12-6-2-4-10(8-12)9-13/h10-11,13H,2-9H2,1H3. The molecule has 0 radical (unpaired) electrons. The van der Waals surface area contributed by atoms with Crippen molar-refractivity contribution in [3.8, 4) is 0 Å². The number of aliphatic hydroxyl groups excluding tert-OH is 1. The first-order valence-electron chi connectivity index (χ1n) is 5.79. The number of sulfonamides is 1. The summed E-state index contributed by atoms with van der Waals surface area (Å²) in [6.45, 7) is 3.67. The third-order valence-electron chi connectivity index (χ3n) is 2.88. The molecule has 0 aliphatic carbocycles. The molecule has 1 atom stereocenters. The van der Waals surface area contributed by atoms with Crippen molar-refractivity contribution < 1.29 is 13.5 Å². The predicted molar refractivity (Wildman–Crippen MR) is 63.7 cm³/mol. The van der Waals surface area contributed by atoms with Gasteiger partial charge in [-0.15, -0.1) is 0 Å². The number of piperidine rings is 1. The van der Waals surface area contributed by atoms with Gasteiger partial charge in [0.15, 0.2) is 0 Å². The molecule has 1 fully saturated rings. The first-order chi connectivity index (χ1) is 7.51. The van der Waals surface area contributed by atoms with E-state index in [9.17, 15) is 8.42 Å². The van der Waals surface area contributed by atoms with Crippen LogP contribution in [0.2, 0.25) is 0 Å². The highest BCUT2D eigenvalue weighted by Crippen LogP contribution is 2.15. The van der Waals surface area contributed by atoms with Crippen LogP contribution >= 0.6 is 0 Å². The Morgan fingerprint density at radius 1 is 1.50 bits per heavy atom. The van der Waals surface area contributed by atoms with Crippen LogP contribution in [0.25, 0.3) is 0 Å². The normalized spacial score (nSPS) is 23.5. The molecular formula is C10H22N2O3S. The van der Waals surface area contributed by atoms with Gasteiger partial charge in [-0.1, -0.05) is 0 Å². The molecule has 0 spiro atoms. The molecule has 0 bridgehead atoms. The van der Waals surface area contributed by atoms with Gasteiger partial charge in [-0.3, -0.25) is 0 Å². The topological polar surface area (TPSA) is 69.6 Å². The smallest absolute Gasteiger partial charge is 0.208 e. The zero-order valence-electron chi connectivity index (χ0n) is 9.85. The lowest BCUT2D eigenvalue weighted by molar-refractivity contribution is 0.120. The molecule has 6 heteroatoms. The van der Waals surface area contributed by atoms with E-state index in [1.165, 1.54) is 6.26 Å². The largest absolute Gasteiger partial charge is 0.396 e. The number of aliphatic hydroxyl groups is 1. The summed E-state index contributed by atoms with van der Waals surface area (Å²) in [6.07, 6.45) is 4.24. The Hall–Kier alpha value is -0.170. The fraction of sp³-hybridized carbons (Fsp3) is 1.00. The van der Waals surface area contributed by atoms with Crippen LogP contribution in [0, 0.1) is 5.92 Å². The van der Waals surface area contributed by atoms with Crippen LogP contribution in [-0.2, 0) is 10.0 Å². The highest BCUT2D eigenvalue weighted by atomic mass is 32.2. The maximum absolute atomic E-state index is 10.8. The van der Waals surface area contributed by atoms with Crippen molar-refractivity contribution in [3.63, 3.8) is 0 Å². The van der Waals surface area contributed by atoms with Crippen molar-refractivity contribution in [1.82, 2.24) is 9.62 Å². The Kier molecular flexibility index (Phi) is 5.68. The predicted octanol–water partition coefficient (Wildman–Crippen LogP) is -0.370. The minimum atomic E-state index is -3.05. The van der Waals surface area contributed by atoms with E-state index in [1.807, 2.05) is 0 Å². The van der Waals surface area contributed by atoms with E-state index in [2.05, 4.69) is 9.62 Å². The molecule has 0 saturated carbocycles. The van der Waals surface area contributed by atoms with Crippen molar-refractivity contribution in [2.24, 2.45) is 5.92 Å². The Balaban J connectivity index is 2.13. The van der Waals surface area contributed by atoms with Crippen molar-refractivity contribution >= 4 is 10.0 Å². The molecule has 0 aromatic rings. The number of rotatable bonds is 6. The fourth-order valence-electron chi connectivity index (χ4n) is 2.06. The van der Waals surface area contributed by atoms with Crippen LogP contribution in [0.3, 0.4) is 0 Å². The minimum absolute atomic E-state index is 0.262. The zero-order valence-corrected chi connectivity index (χ0v) is 10.7. The third-order valence-corrected chi connectivity index (χ3v) is 3.61. The molecule has 0 amide bonds. The summed E-state index contributed by atoms with van der Waals surface area (Å²) in [5, 5.41) is 9.07. The van der Waals surface area contributed by atoms with E-state index in [0.29, 0.717) is 12.5 Å². The molecule has 1 rings (SSSR count). The molecule has 1 aliphatic heterocycles. The van der Waals surface area contributed by atoms with Crippen LogP contribution in [-0.4, -0.2) is 57.5 Å². The minimum Gasteiger partial charge on any atom is -0.396 e. The maximum atomic E-state index is 10.8. The molecule has 96 valence electrons. The van der Waals surface area contributed by atoms with Crippen molar-refractivity contribution in [2.75, 3.05) is 39.0 Å². The lowest BCUT2D eigenvalue weighted by Gasteiger charge is -2.31. The molecule has 1 heterocycles. The Morgan fingerprint density at radius 3 is 2.88 bits per heavy atom. The molecule has 1 unspecified atom stereocenters. The summed E-state index contributed by atoms with van der Waals surface area (Å²) in [4.78, 5) is 2.30. The summed E-state index contributed by atoms with van der Waals surface area (Å²) >= 11 is 0. The SMILES string of the molecule is CS(=O)(=O)NCCCN1CCCC(CO)C1. The summed E-state index contributed by atoms with van der Waals surface area (Å²) in [7, 11) is -3.05. The fourth-order valence-corrected chi connectivity index (χ4v) is 2.58. The van der Waals surface area contributed by atoms with Gasteiger partial charge in [0.1, 0.15) is 0 Å². The molecule has 2 N–H and O–H groups in total. The van der Waals surface area contributed by atoms with Gasteiger partial charge >= 0.3 is 0 Å². The van der Waals surface area contributed by atoms with Gasteiger partial charge < -0.3 is 10.0 Å². The molecular weight excluding hydrogens is 228 g/mol. The van der Waals surface area contributed by atoms with Crippen LogP contribution in [0.5, 0.6) is 0 Å². The van der Waals surface area contributed by atoms with E-state index in [-0.39, 0.29) is 6.61 Å². The van der Waals surface area contributed by atoms with Gasteiger partial charge in [0.25, 0.3) is 0 Å². The van der Waals surface area contributed by atoms with Crippen LogP contribution in [0.1, 0.15) is 19.3 Å². The monoisotopic (exact) mass is 250 g/mol. The lowest BCUT2D eigenvalue weighted by atomic mass is 9.99. The van der Waals surface area contributed by atoms with Crippen molar-refractivity contribution in [2.45, 2.75) is 19.3 Å². The second-order valence-electron chi connectivity index (χ2n) is 4.51. The average Bonchev–Trinajstić information content (AvgIpc) is 2.23. The highest BCUT2D eigenvalue weighted by Gasteiger charge is 2.18. The molecule has 1 saturated heterocycles. The summed E-state index contributed by atoms with van der Waals surface area (Å²) in [6, 6.07) is 0.